The van der Waals surface area contributed by atoms with Crippen molar-refractivity contribution in [1.29, 1.82) is 0 Å². The molecule has 2 fully saturated rings. The Bertz CT molecular complexity index is 760. The molecule has 5 nitrogen and oxygen atoms in total. The number of hydrogen-bond donors (Lipinski definition) is 1. The van der Waals surface area contributed by atoms with Crippen LogP contribution in [0, 0.1) is 0 Å². The van der Waals surface area contributed by atoms with E-state index >= 15 is 0 Å². The minimum atomic E-state index is 0.119. The first kappa shape index (κ1) is 18.4. The third-order valence-electron chi connectivity index (χ3n) is 5.66. The molecule has 1 atom stereocenters. The number of nitrogens with zero attached hydrogens (tertiary/aromatic N) is 2. The number of carbonyl (C=O) groups excluding carboxylic acids is 1. The second kappa shape index (κ2) is 8.83. The van der Waals surface area contributed by atoms with Gasteiger partial charge in [0.2, 0.25) is 5.91 Å². The quantitative estimate of drug-likeness (QED) is 0.851. The molecule has 4 rings (SSSR count). The van der Waals surface area contributed by atoms with Crippen LogP contribution in [-0.2, 0) is 16.1 Å². The van der Waals surface area contributed by atoms with E-state index in [1.807, 2.05) is 0 Å². The van der Waals surface area contributed by atoms with Crippen molar-refractivity contribution in [2.75, 3.05) is 45.9 Å². The van der Waals surface area contributed by atoms with Crippen LogP contribution in [0.4, 0.5) is 0 Å². The molecule has 0 radical (unpaired) electrons. The van der Waals surface area contributed by atoms with Gasteiger partial charge >= 0.3 is 0 Å². The fourth-order valence-electron chi connectivity index (χ4n) is 4.07. The zero-order chi connectivity index (χ0) is 18.5. The van der Waals surface area contributed by atoms with Crippen molar-refractivity contribution < 1.29 is 9.53 Å². The topological polar surface area (TPSA) is 44.8 Å². The van der Waals surface area contributed by atoms with E-state index in [0.29, 0.717) is 13.1 Å². The summed E-state index contributed by atoms with van der Waals surface area (Å²) < 4.78 is 5.56. The van der Waals surface area contributed by atoms with Crippen LogP contribution >= 0.6 is 0 Å². The van der Waals surface area contributed by atoms with Crippen molar-refractivity contribution >= 4 is 16.7 Å². The summed E-state index contributed by atoms with van der Waals surface area (Å²) in [5, 5.41) is 5.67. The predicted octanol–water partition coefficient (Wildman–Crippen LogP) is 2.25. The largest absolute Gasteiger partial charge is 0.376 e. The number of carbonyl (C=O) groups is 1. The Balaban J connectivity index is 1.23. The normalized spacial score (nSPS) is 21.6. The van der Waals surface area contributed by atoms with Crippen molar-refractivity contribution in [2.24, 2.45) is 0 Å². The third kappa shape index (κ3) is 4.86. The smallest absolute Gasteiger partial charge is 0.234 e. The Kier molecular flexibility index (Phi) is 6.02. The van der Waals surface area contributed by atoms with Gasteiger partial charge in [0.05, 0.1) is 12.6 Å². The second-order valence-corrected chi connectivity index (χ2v) is 7.63. The lowest BCUT2D eigenvalue weighted by molar-refractivity contribution is -0.123. The van der Waals surface area contributed by atoms with Crippen LogP contribution in [0.15, 0.2) is 42.5 Å². The Morgan fingerprint density at radius 1 is 1.04 bits per heavy atom. The van der Waals surface area contributed by atoms with E-state index in [1.54, 1.807) is 0 Å². The second-order valence-electron chi connectivity index (χ2n) is 7.63. The van der Waals surface area contributed by atoms with Gasteiger partial charge in [-0.1, -0.05) is 42.5 Å². The maximum Gasteiger partial charge on any atom is 0.234 e. The lowest BCUT2D eigenvalue weighted by Crippen LogP contribution is -2.49. The standard InChI is InChI=1S/C22H29N3O2/c26-22(23-15-20-8-4-14-27-20)17-25-12-10-24(11-13-25)16-19-7-3-6-18-5-1-2-9-21(18)19/h1-3,5-7,9,20H,4,8,10-17H2,(H,23,26). The SMILES string of the molecule is O=C(CN1CCN(Cc2cccc3ccccc23)CC1)NCC1CCCO1. The van der Waals surface area contributed by atoms with Crippen LogP contribution in [0.2, 0.25) is 0 Å². The highest BCUT2D eigenvalue weighted by Crippen LogP contribution is 2.20. The molecule has 0 saturated carbocycles. The fraction of sp³-hybridized carbons (Fsp3) is 0.500. The van der Waals surface area contributed by atoms with Gasteiger partial charge in [0.1, 0.15) is 0 Å². The first-order chi connectivity index (χ1) is 13.3. The maximum atomic E-state index is 12.2. The third-order valence-corrected chi connectivity index (χ3v) is 5.66. The number of rotatable bonds is 6. The molecule has 2 heterocycles. The van der Waals surface area contributed by atoms with Crippen LogP contribution < -0.4 is 5.32 Å². The average molecular weight is 367 g/mol. The molecule has 2 aliphatic heterocycles. The number of amides is 1. The summed E-state index contributed by atoms with van der Waals surface area (Å²) in [4.78, 5) is 16.9. The number of hydrogen-bond acceptors (Lipinski definition) is 4. The monoisotopic (exact) mass is 367 g/mol. The minimum absolute atomic E-state index is 0.119. The molecule has 2 saturated heterocycles. The summed E-state index contributed by atoms with van der Waals surface area (Å²) in [7, 11) is 0. The molecule has 1 unspecified atom stereocenters. The van der Waals surface area contributed by atoms with E-state index in [-0.39, 0.29) is 12.0 Å². The Morgan fingerprint density at radius 2 is 1.81 bits per heavy atom. The van der Waals surface area contributed by atoms with Crippen LogP contribution in [0.5, 0.6) is 0 Å². The van der Waals surface area contributed by atoms with Crippen molar-refractivity contribution in [2.45, 2.75) is 25.5 Å². The first-order valence-electron chi connectivity index (χ1n) is 10.1. The van der Waals surface area contributed by atoms with E-state index in [2.05, 4.69) is 57.6 Å². The number of nitrogens with one attached hydrogen (secondary N) is 1. The van der Waals surface area contributed by atoms with E-state index in [9.17, 15) is 4.79 Å². The van der Waals surface area contributed by atoms with Crippen LogP contribution in [-0.4, -0.2) is 67.7 Å². The molecule has 0 aliphatic carbocycles. The summed E-state index contributed by atoms with van der Waals surface area (Å²) in [6.45, 7) is 6.84. The summed E-state index contributed by atoms with van der Waals surface area (Å²) in [5.41, 5.74) is 1.39. The molecule has 0 aromatic heterocycles. The highest BCUT2D eigenvalue weighted by atomic mass is 16.5. The maximum absolute atomic E-state index is 12.2. The van der Waals surface area contributed by atoms with Gasteiger partial charge in [-0.25, -0.2) is 0 Å². The molecule has 1 N–H and O–H groups in total. The van der Waals surface area contributed by atoms with Gasteiger partial charge in [-0.05, 0) is 29.2 Å². The van der Waals surface area contributed by atoms with E-state index in [4.69, 9.17) is 4.74 Å². The van der Waals surface area contributed by atoms with Gasteiger partial charge in [0.25, 0.3) is 0 Å². The summed E-state index contributed by atoms with van der Waals surface area (Å²) in [5.74, 6) is 0.119. The number of fused-ring (bicyclic) bond motifs is 1. The number of benzene rings is 2. The molecular formula is C22H29N3O2. The van der Waals surface area contributed by atoms with Gasteiger partial charge in [-0.3, -0.25) is 14.6 Å². The van der Waals surface area contributed by atoms with Crippen LogP contribution in [0.1, 0.15) is 18.4 Å². The lowest BCUT2D eigenvalue weighted by atomic mass is 10.0. The van der Waals surface area contributed by atoms with Gasteiger partial charge < -0.3 is 10.1 Å². The van der Waals surface area contributed by atoms with Gasteiger partial charge in [-0.15, -0.1) is 0 Å². The van der Waals surface area contributed by atoms with Crippen molar-refractivity contribution in [3.63, 3.8) is 0 Å². The number of ether oxygens (including phenoxy) is 1. The van der Waals surface area contributed by atoms with Crippen molar-refractivity contribution in [3.8, 4) is 0 Å². The molecule has 0 bridgehead atoms. The Hall–Kier alpha value is -1.95. The highest BCUT2D eigenvalue weighted by molar-refractivity contribution is 5.85. The van der Waals surface area contributed by atoms with E-state index in [0.717, 1.165) is 52.2 Å². The molecule has 5 heteroatoms. The predicted molar refractivity (Wildman–Crippen MR) is 108 cm³/mol. The van der Waals surface area contributed by atoms with Gasteiger partial charge in [0, 0.05) is 45.9 Å². The Labute approximate surface area is 161 Å². The zero-order valence-corrected chi connectivity index (χ0v) is 15.9. The Morgan fingerprint density at radius 3 is 2.63 bits per heavy atom. The molecule has 2 aromatic carbocycles. The summed E-state index contributed by atoms with van der Waals surface area (Å²) in [6.07, 6.45) is 2.39. The summed E-state index contributed by atoms with van der Waals surface area (Å²) >= 11 is 0. The van der Waals surface area contributed by atoms with Crippen LogP contribution in [0.25, 0.3) is 10.8 Å². The molecule has 27 heavy (non-hydrogen) atoms. The highest BCUT2D eigenvalue weighted by Gasteiger charge is 2.21. The van der Waals surface area contributed by atoms with E-state index < -0.39 is 0 Å². The minimum Gasteiger partial charge on any atom is -0.376 e. The lowest BCUT2D eigenvalue weighted by Gasteiger charge is -2.34. The molecule has 0 spiro atoms. The average Bonchev–Trinajstić information content (AvgIpc) is 3.22. The molecular weight excluding hydrogens is 338 g/mol. The van der Waals surface area contributed by atoms with Crippen molar-refractivity contribution in [1.82, 2.24) is 15.1 Å². The first-order valence-corrected chi connectivity index (χ1v) is 10.1. The molecule has 144 valence electrons. The van der Waals surface area contributed by atoms with Gasteiger partial charge in [0.15, 0.2) is 0 Å². The van der Waals surface area contributed by atoms with Crippen LogP contribution in [0.3, 0.4) is 0 Å². The molecule has 2 aliphatic rings. The zero-order valence-electron chi connectivity index (χ0n) is 15.9. The van der Waals surface area contributed by atoms with Crippen molar-refractivity contribution in [3.05, 3.63) is 48.0 Å². The fourth-order valence-corrected chi connectivity index (χ4v) is 4.07. The molecule has 2 aromatic rings. The number of piperazine rings is 1. The van der Waals surface area contributed by atoms with E-state index in [1.165, 1.54) is 16.3 Å². The summed E-state index contributed by atoms with van der Waals surface area (Å²) in [6, 6.07) is 15.1. The van der Waals surface area contributed by atoms with Gasteiger partial charge in [-0.2, -0.15) is 0 Å². The molecule has 1 amide bonds.